The highest BCUT2D eigenvalue weighted by Crippen LogP contribution is 2.23. The summed E-state index contributed by atoms with van der Waals surface area (Å²) in [6.07, 6.45) is 3.95. The Morgan fingerprint density at radius 2 is 1.96 bits per heavy atom. The SMILES string of the molecule is CC1CCC(NC(=O)COC(=O)c2ccc(S(N)(=O)=O)o2)CC1. The number of furan rings is 1. The summed E-state index contributed by atoms with van der Waals surface area (Å²) in [7, 11) is -4.02. The third-order valence-corrected chi connectivity index (χ3v) is 4.56. The van der Waals surface area contributed by atoms with Gasteiger partial charge in [-0.1, -0.05) is 6.92 Å². The second-order valence-corrected chi connectivity index (χ2v) is 7.26. The van der Waals surface area contributed by atoms with Crippen molar-refractivity contribution in [3.8, 4) is 0 Å². The highest BCUT2D eigenvalue weighted by molar-refractivity contribution is 7.89. The number of esters is 1. The van der Waals surface area contributed by atoms with Gasteiger partial charge in [0.05, 0.1) is 0 Å². The number of amides is 1. The molecule has 1 heterocycles. The van der Waals surface area contributed by atoms with Gasteiger partial charge in [-0.2, -0.15) is 0 Å². The molecule has 1 fully saturated rings. The molecule has 128 valence electrons. The standard InChI is InChI=1S/C14H20N2O6S/c1-9-2-4-10(5-3-9)16-12(17)8-21-14(18)11-6-7-13(22-11)23(15,19)20/h6-7,9-10H,2-5,8H2,1H3,(H,16,17)(H2,15,19,20). The van der Waals surface area contributed by atoms with Gasteiger partial charge in [-0.25, -0.2) is 18.4 Å². The maximum atomic E-state index is 11.8. The zero-order valence-electron chi connectivity index (χ0n) is 12.8. The van der Waals surface area contributed by atoms with E-state index >= 15 is 0 Å². The molecule has 1 amide bonds. The second kappa shape index (κ2) is 7.14. The molecule has 0 unspecified atom stereocenters. The van der Waals surface area contributed by atoms with Gasteiger partial charge < -0.3 is 14.5 Å². The van der Waals surface area contributed by atoms with E-state index in [1.807, 2.05) is 0 Å². The maximum Gasteiger partial charge on any atom is 0.374 e. The summed E-state index contributed by atoms with van der Waals surface area (Å²) in [5.41, 5.74) is 0. The molecule has 0 aromatic carbocycles. The number of sulfonamides is 1. The fourth-order valence-electron chi connectivity index (χ4n) is 2.46. The van der Waals surface area contributed by atoms with Gasteiger partial charge in [0.15, 0.2) is 6.61 Å². The number of ether oxygens (including phenoxy) is 1. The molecule has 0 aliphatic heterocycles. The van der Waals surface area contributed by atoms with Crippen LogP contribution in [0.3, 0.4) is 0 Å². The lowest BCUT2D eigenvalue weighted by Gasteiger charge is -2.26. The van der Waals surface area contributed by atoms with Gasteiger partial charge in [-0.3, -0.25) is 4.79 Å². The third-order valence-electron chi connectivity index (χ3n) is 3.78. The fraction of sp³-hybridized carbons (Fsp3) is 0.571. The molecule has 1 aromatic heterocycles. The van der Waals surface area contributed by atoms with E-state index in [-0.39, 0.29) is 11.8 Å². The topological polar surface area (TPSA) is 129 Å². The number of carbonyl (C=O) groups is 2. The van der Waals surface area contributed by atoms with E-state index in [0.29, 0.717) is 5.92 Å². The molecule has 8 nitrogen and oxygen atoms in total. The Bertz CT molecular complexity index is 673. The zero-order chi connectivity index (χ0) is 17.0. The summed E-state index contributed by atoms with van der Waals surface area (Å²) < 4.78 is 31.7. The van der Waals surface area contributed by atoms with Crippen LogP contribution >= 0.6 is 0 Å². The lowest BCUT2D eigenvalue weighted by molar-refractivity contribution is -0.125. The number of nitrogens with two attached hydrogens (primary N) is 1. The summed E-state index contributed by atoms with van der Waals surface area (Å²) in [5, 5.41) is 7.14. The largest absolute Gasteiger partial charge is 0.450 e. The van der Waals surface area contributed by atoms with Gasteiger partial charge in [-0.05, 0) is 43.7 Å². The Morgan fingerprint density at radius 3 is 2.52 bits per heavy atom. The van der Waals surface area contributed by atoms with Crippen LogP contribution in [0.1, 0.15) is 43.2 Å². The molecule has 9 heteroatoms. The number of hydrogen-bond donors (Lipinski definition) is 2. The summed E-state index contributed by atoms with van der Waals surface area (Å²) in [6, 6.07) is 2.28. The minimum atomic E-state index is -4.02. The predicted octanol–water partition coefficient (Wildman–Crippen LogP) is 0.779. The van der Waals surface area contributed by atoms with Crippen LogP contribution in [-0.2, 0) is 19.6 Å². The second-order valence-electron chi connectivity index (χ2n) is 5.76. The molecule has 0 radical (unpaired) electrons. The van der Waals surface area contributed by atoms with Crippen LogP contribution < -0.4 is 10.5 Å². The average Bonchev–Trinajstić information content (AvgIpc) is 2.97. The van der Waals surface area contributed by atoms with Gasteiger partial charge in [-0.15, -0.1) is 0 Å². The van der Waals surface area contributed by atoms with Crippen molar-refractivity contribution in [3.05, 3.63) is 17.9 Å². The normalized spacial score (nSPS) is 21.7. The van der Waals surface area contributed by atoms with Crippen LogP contribution in [-0.4, -0.2) is 32.9 Å². The van der Waals surface area contributed by atoms with Gasteiger partial charge in [0, 0.05) is 6.04 Å². The van der Waals surface area contributed by atoms with E-state index in [1.54, 1.807) is 0 Å². The molecule has 1 aliphatic carbocycles. The first kappa shape index (κ1) is 17.5. The van der Waals surface area contributed by atoms with E-state index in [2.05, 4.69) is 12.2 Å². The fourth-order valence-corrected chi connectivity index (χ4v) is 2.92. The minimum absolute atomic E-state index is 0.106. The molecular formula is C14H20N2O6S. The molecule has 1 saturated carbocycles. The molecule has 0 bridgehead atoms. The number of carbonyl (C=O) groups excluding carboxylic acids is 2. The number of rotatable bonds is 5. The van der Waals surface area contributed by atoms with Crippen molar-refractivity contribution >= 4 is 21.9 Å². The van der Waals surface area contributed by atoms with E-state index in [9.17, 15) is 18.0 Å². The maximum absolute atomic E-state index is 11.8. The summed E-state index contributed by atoms with van der Waals surface area (Å²) >= 11 is 0. The van der Waals surface area contributed by atoms with Crippen molar-refractivity contribution in [2.24, 2.45) is 11.1 Å². The molecule has 0 saturated heterocycles. The van der Waals surface area contributed by atoms with Gasteiger partial charge in [0.25, 0.3) is 15.9 Å². The lowest BCUT2D eigenvalue weighted by atomic mass is 9.87. The Balaban J connectivity index is 1.80. The Hall–Kier alpha value is -1.87. The monoisotopic (exact) mass is 344 g/mol. The lowest BCUT2D eigenvalue weighted by Crippen LogP contribution is -2.39. The van der Waals surface area contributed by atoms with Crippen LogP contribution in [0, 0.1) is 5.92 Å². The molecule has 0 spiro atoms. The predicted molar refractivity (Wildman–Crippen MR) is 79.9 cm³/mol. The van der Waals surface area contributed by atoms with E-state index < -0.39 is 33.6 Å². The summed E-state index contributed by atoms with van der Waals surface area (Å²) in [5.74, 6) is -0.968. The van der Waals surface area contributed by atoms with Crippen molar-refractivity contribution < 1.29 is 27.2 Å². The number of nitrogens with one attached hydrogen (secondary N) is 1. The molecule has 0 atom stereocenters. The smallest absolute Gasteiger partial charge is 0.374 e. The third kappa shape index (κ3) is 5.07. The highest BCUT2D eigenvalue weighted by atomic mass is 32.2. The van der Waals surface area contributed by atoms with Crippen molar-refractivity contribution in [3.63, 3.8) is 0 Å². The van der Waals surface area contributed by atoms with E-state index in [4.69, 9.17) is 14.3 Å². The van der Waals surface area contributed by atoms with E-state index in [0.717, 1.165) is 37.8 Å². The van der Waals surface area contributed by atoms with Crippen LogP contribution in [0.15, 0.2) is 21.6 Å². The molecule has 3 N–H and O–H groups in total. The van der Waals surface area contributed by atoms with E-state index in [1.165, 1.54) is 0 Å². The minimum Gasteiger partial charge on any atom is -0.450 e. The summed E-state index contributed by atoms with van der Waals surface area (Å²) in [4.78, 5) is 23.5. The van der Waals surface area contributed by atoms with Crippen LogP contribution in [0.4, 0.5) is 0 Å². The van der Waals surface area contributed by atoms with Crippen molar-refractivity contribution in [2.45, 2.75) is 43.7 Å². The molecule has 1 aromatic rings. The number of primary sulfonamides is 1. The van der Waals surface area contributed by atoms with Gasteiger partial charge in [0.1, 0.15) is 0 Å². The van der Waals surface area contributed by atoms with Crippen molar-refractivity contribution in [1.82, 2.24) is 5.32 Å². The molecule has 2 rings (SSSR count). The molecule has 23 heavy (non-hydrogen) atoms. The quantitative estimate of drug-likeness (QED) is 0.759. The Kier molecular flexibility index (Phi) is 5.42. The van der Waals surface area contributed by atoms with Crippen LogP contribution in [0.5, 0.6) is 0 Å². The molecule has 1 aliphatic rings. The van der Waals surface area contributed by atoms with Crippen LogP contribution in [0.25, 0.3) is 0 Å². The van der Waals surface area contributed by atoms with Crippen molar-refractivity contribution in [1.29, 1.82) is 0 Å². The Morgan fingerprint density at radius 1 is 1.30 bits per heavy atom. The van der Waals surface area contributed by atoms with Crippen LogP contribution in [0.2, 0.25) is 0 Å². The first-order valence-electron chi connectivity index (χ1n) is 7.35. The van der Waals surface area contributed by atoms with Gasteiger partial charge in [0.2, 0.25) is 10.9 Å². The zero-order valence-corrected chi connectivity index (χ0v) is 13.6. The van der Waals surface area contributed by atoms with Crippen molar-refractivity contribution in [2.75, 3.05) is 6.61 Å². The first-order chi connectivity index (χ1) is 10.8. The average molecular weight is 344 g/mol. The Labute approximate surface area is 134 Å². The van der Waals surface area contributed by atoms with Gasteiger partial charge >= 0.3 is 5.97 Å². The first-order valence-corrected chi connectivity index (χ1v) is 8.89. The highest BCUT2D eigenvalue weighted by Gasteiger charge is 2.22. The number of hydrogen-bond acceptors (Lipinski definition) is 6. The molecular weight excluding hydrogens is 324 g/mol. The summed E-state index contributed by atoms with van der Waals surface area (Å²) in [6.45, 7) is 1.73.